The molecule has 0 aromatic rings. The minimum absolute atomic E-state index is 0.0840. The number of hydrogen-bond donors (Lipinski definition) is 3. The van der Waals surface area contributed by atoms with Gasteiger partial charge in [0.05, 0.1) is 26.4 Å². The van der Waals surface area contributed by atoms with Gasteiger partial charge >= 0.3 is 39.5 Å². The van der Waals surface area contributed by atoms with Crippen molar-refractivity contribution in [3.05, 3.63) is 72.9 Å². The lowest BCUT2D eigenvalue weighted by atomic mass is 10.0. The van der Waals surface area contributed by atoms with Crippen molar-refractivity contribution >= 4 is 39.5 Å². The van der Waals surface area contributed by atoms with E-state index < -0.39 is 97.5 Å². The van der Waals surface area contributed by atoms with Crippen molar-refractivity contribution in [2.45, 2.75) is 380 Å². The highest BCUT2D eigenvalue weighted by Crippen LogP contribution is 2.45. The largest absolute Gasteiger partial charge is 0.472 e. The molecule has 0 fully saturated rings. The summed E-state index contributed by atoms with van der Waals surface area (Å²) in [7, 11) is -9.95. The number of aliphatic hydroxyl groups excluding tert-OH is 1. The predicted octanol–water partition coefficient (Wildman–Crippen LogP) is 23.2. The minimum atomic E-state index is -4.97. The molecule has 0 spiro atoms. The maximum Gasteiger partial charge on any atom is 0.472 e. The Balaban J connectivity index is 5.31. The molecule has 19 heteroatoms. The molecule has 0 rings (SSSR count). The van der Waals surface area contributed by atoms with Crippen molar-refractivity contribution in [1.82, 2.24) is 0 Å². The van der Waals surface area contributed by atoms with Gasteiger partial charge in [-0.05, 0) is 116 Å². The molecule has 582 valence electrons. The number of allylic oxidation sites excluding steroid dienone is 12. The fourth-order valence-corrected chi connectivity index (χ4v) is 12.5. The van der Waals surface area contributed by atoms with Crippen LogP contribution in [0.25, 0.3) is 0 Å². The molecule has 0 heterocycles. The molecule has 5 unspecified atom stereocenters. The zero-order valence-corrected chi connectivity index (χ0v) is 65.4. The summed E-state index contributed by atoms with van der Waals surface area (Å²) in [5.74, 6) is -2.19. The van der Waals surface area contributed by atoms with E-state index in [0.717, 1.165) is 167 Å². The number of carbonyl (C=O) groups excluding carboxylic acids is 4. The summed E-state index contributed by atoms with van der Waals surface area (Å²) in [6.45, 7) is 4.80. The number of phosphoric acid groups is 2. The van der Waals surface area contributed by atoms with Crippen LogP contribution < -0.4 is 0 Å². The van der Waals surface area contributed by atoms with Crippen LogP contribution in [0.5, 0.6) is 0 Å². The van der Waals surface area contributed by atoms with Gasteiger partial charge in [-0.25, -0.2) is 9.13 Å². The van der Waals surface area contributed by atoms with Crippen LogP contribution in [0.4, 0.5) is 0 Å². The SMILES string of the molecule is CCCC/C=C\CCCCCCCC(=O)OC(COC(=O)CCCCCCC/C=C\C/C=C\CCCCC)COP(=O)(O)OCC(O)COP(=O)(O)OCC(COC(=O)CCCCCCCC/C=C\C/C=C\C/C=C\CCCCC)OC(=O)CCCCCCCCCCCCCCCCC. The third-order valence-corrected chi connectivity index (χ3v) is 19.0. The highest BCUT2D eigenvalue weighted by Gasteiger charge is 2.30. The summed E-state index contributed by atoms with van der Waals surface area (Å²) in [6, 6.07) is 0. The van der Waals surface area contributed by atoms with Crippen LogP contribution in [0.3, 0.4) is 0 Å². The molecule has 0 aromatic carbocycles. The molecule has 0 radical (unpaired) electrons. The van der Waals surface area contributed by atoms with Crippen LogP contribution in [-0.4, -0.2) is 96.7 Å². The molecular weight excluding hydrogens is 1310 g/mol. The maximum absolute atomic E-state index is 13.1. The highest BCUT2D eigenvalue weighted by atomic mass is 31.2. The Bertz CT molecular complexity index is 2180. The Kier molecular flexibility index (Phi) is 71.2. The lowest BCUT2D eigenvalue weighted by Gasteiger charge is -2.21. The molecule has 0 aliphatic heterocycles. The van der Waals surface area contributed by atoms with Gasteiger partial charge in [-0.3, -0.25) is 37.3 Å². The fourth-order valence-electron chi connectivity index (χ4n) is 10.9. The summed E-state index contributed by atoms with van der Waals surface area (Å²) in [4.78, 5) is 72.9. The topological polar surface area (TPSA) is 237 Å². The molecule has 0 aliphatic rings. The van der Waals surface area contributed by atoms with E-state index in [2.05, 4.69) is 101 Å². The highest BCUT2D eigenvalue weighted by molar-refractivity contribution is 7.47. The van der Waals surface area contributed by atoms with E-state index in [0.29, 0.717) is 25.7 Å². The number of phosphoric ester groups is 2. The second-order valence-corrected chi connectivity index (χ2v) is 29.9. The number of ether oxygens (including phenoxy) is 4. The van der Waals surface area contributed by atoms with Crippen molar-refractivity contribution in [3.8, 4) is 0 Å². The van der Waals surface area contributed by atoms with E-state index in [9.17, 15) is 43.2 Å². The van der Waals surface area contributed by atoms with Crippen molar-refractivity contribution in [2.75, 3.05) is 39.6 Å². The average Bonchev–Trinajstić information content (AvgIpc) is 2.75. The predicted molar refractivity (Wildman–Crippen MR) is 409 cm³/mol. The molecule has 100 heavy (non-hydrogen) atoms. The monoisotopic (exact) mass is 1450 g/mol. The van der Waals surface area contributed by atoms with Gasteiger partial charge in [-0.15, -0.1) is 0 Å². The molecule has 0 aromatic heterocycles. The molecule has 17 nitrogen and oxygen atoms in total. The number of aliphatic hydroxyl groups is 1. The molecule has 0 aliphatic carbocycles. The van der Waals surface area contributed by atoms with E-state index in [1.807, 2.05) is 0 Å². The Hall–Kier alpha value is -3.50. The van der Waals surface area contributed by atoms with Gasteiger partial charge in [0.15, 0.2) is 12.2 Å². The van der Waals surface area contributed by atoms with Gasteiger partial charge in [0.1, 0.15) is 19.3 Å². The molecule has 0 amide bonds. The van der Waals surface area contributed by atoms with Gasteiger partial charge in [0.25, 0.3) is 0 Å². The quantitative estimate of drug-likeness (QED) is 0.0169. The first-order valence-electron chi connectivity index (χ1n) is 40.2. The van der Waals surface area contributed by atoms with Crippen molar-refractivity contribution in [3.63, 3.8) is 0 Å². The standard InChI is InChI=1S/C81H146O17P2/c1-5-9-13-17-21-25-29-32-35-36-37-38-41-43-47-50-54-58-62-66-79(84)92-72-77(98-81(86)68-64-60-56-52-48-44-40-34-31-27-23-19-15-11-7-3)74-96-100(89,90)94-70-75(82)69-93-99(87,88)95-73-76(97-80(85)67-63-59-55-51-45-28-24-20-16-12-8-4)71-91-78(83)65-61-57-53-49-46-42-39-33-30-26-22-18-14-10-6-2/h20-22,24-26,32-33,35,37-39,75-77,82H,5-19,23,27-31,34,36,40-74H2,1-4H3,(H,87,88)(H,89,90)/b24-20-,25-21-,26-22-,35-32-,38-37-,39-33-. The smallest absolute Gasteiger partial charge is 0.462 e. The molecule has 0 saturated heterocycles. The summed E-state index contributed by atoms with van der Waals surface area (Å²) in [5.41, 5.74) is 0. The Morgan fingerprint density at radius 1 is 0.280 bits per heavy atom. The van der Waals surface area contributed by atoms with Crippen LogP contribution in [0, 0.1) is 0 Å². The summed E-state index contributed by atoms with van der Waals surface area (Å²) >= 11 is 0. The second-order valence-electron chi connectivity index (χ2n) is 27.0. The van der Waals surface area contributed by atoms with Crippen molar-refractivity contribution in [2.24, 2.45) is 0 Å². The van der Waals surface area contributed by atoms with Crippen molar-refractivity contribution in [1.29, 1.82) is 0 Å². The number of carbonyl (C=O) groups is 4. The van der Waals surface area contributed by atoms with E-state index in [1.54, 1.807) is 0 Å². The van der Waals surface area contributed by atoms with Crippen molar-refractivity contribution < 1.29 is 80.2 Å². The van der Waals surface area contributed by atoms with Crippen LogP contribution in [0.2, 0.25) is 0 Å². The van der Waals surface area contributed by atoms with Gasteiger partial charge in [0, 0.05) is 25.7 Å². The first kappa shape index (κ1) is 96.5. The number of rotatable bonds is 76. The molecule has 3 N–H and O–H groups in total. The average molecular weight is 1450 g/mol. The second kappa shape index (κ2) is 73.8. The number of hydrogen-bond acceptors (Lipinski definition) is 15. The Labute approximate surface area is 609 Å². The molecular formula is C81H146O17P2. The molecule has 5 atom stereocenters. The normalized spacial score (nSPS) is 14.3. The first-order valence-corrected chi connectivity index (χ1v) is 43.2. The van der Waals surface area contributed by atoms with E-state index in [4.69, 9.17) is 37.0 Å². The van der Waals surface area contributed by atoms with Gasteiger partial charge in [-0.1, -0.05) is 293 Å². The van der Waals surface area contributed by atoms with Crippen LogP contribution in [-0.2, 0) is 65.4 Å². The lowest BCUT2D eigenvalue weighted by molar-refractivity contribution is -0.161. The third kappa shape index (κ3) is 72.8. The van der Waals surface area contributed by atoms with Gasteiger partial charge < -0.3 is 33.8 Å². The maximum atomic E-state index is 13.1. The Morgan fingerprint density at radius 2 is 0.500 bits per heavy atom. The number of unbranched alkanes of at least 4 members (excludes halogenated alkanes) is 38. The third-order valence-electron chi connectivity index (χ3n) is 17.1. The molecule has 0 saturated carbocycles. The minimum Gasteiger partial charge on any atom is -0.462 e. The zero-order valence-electron chi connectivity index (χ0n) is 63.6. The number of esters is 4. The summed E-state index contributed by atoms with van der Waals surface area (Å²) < 4.78 is 68.6. The van der Waals surface area contributed by atoms with E-state index in [1.165, 1.54) is 116 Å². The van der Waals surface area contributed by atoms with E-state index >= 15 is 0 Å². The first-order chi connectivity index (χ1) is 48.7. The summed E-state index contributed by atoms with van der Waals surface area (Å²) in [5, 5.41) is 10.6. The van der Waals surface area contributed by atoms with Gasteiger partial charge in [0.2, 0.25) is 0 Å². The molecule has 0 bridgehead atoms. The fraction of sp³-hybridized carbons (Fsp3) is 0.802. The Morgan fingerprint density at radius 3 is 0.810 bits per heavy atom. The van der Waals surface area contributed by atoms with Crippen LogP contribution in [0.15, 0.2) is 72.9 Å². The van der Waals surface area contributed by atoms with Crippen LogP contribution in [0.1, 0.15) is 362 Å². The van der Waals surface area contributed by atoms with E-state index in [-0.39, 0.29) is 25.7 Å². The zero-order chi connectivity index (χ0) is 73.2. The van der Waals surface area contributed by atoms with Gasteiger partial charge in [-0.2, -0.15) is 0 Å². The summed E-state index contributed by atoms with van der Waals surface area (Å²) in [6.07, 6.45) is 74.5. The lowest BCUT2D eigenvalue weighted by Crippen LogP contribution is -2.30. The van der Waals surface area contributed by atoms with Crippen LogP contribution >= 0.6 is 15.6 Å².